The summed E-state index contributed by atoms with van der Waals surface area (Å²) >= 11 is 0. The number of nitrogens with one attached hydrogen (secondary N) is 1. The van der Waals surface area contributed by atoms with Crippen LogP contribution >= 0.6 is 0 Å². The van der Waals surface area contributed by atoms with Crippen molar-refractivity contribution < 1.29 is 4.74 Å². The van der Waals surface area contributed by atoms with Gasteiger partial charge in [0.25, 0.3) is 0 Å². The van der Waals surface area contributed by atoms with E-state index in [-0.39, 0.29) is 0 Å². The number of hydrogen-bond acceptors (Lipinski definition) is 4. The van der Waals surface area contributed by atoms with Crippen molar-refractivity contribution in [3.05, 3.63) is 23.7 Å². The molecule has 1 N–H and O–H groups in total. The predicted molar refractivity (Wildman–Crippen MR) is 73.2 cm³/mol. The third-order valence-electron chi connectivity index (χ3n) is 2.87. The molecule has 0 bridgehead atoms. The third-order valence-corrected chi connectivity index (χ3v) is 2.87. The van der Waals surface area contributed by atoms with Gasteiger partial charge >= 0.3 is 0 Å². The van der Waals surface area contributed by atoms with Crippen LogP contribution in [-0.4, -0.2) is 25.6 Å². The van der Waals surface area contributed by atoms with Gasteiger partial charge in [-0.1, -0.05) is 13.8 Å². The standard InChI is InChI=1S/C13H21N5O/c1-9(2)14-7-12-10(3)16-18(5)13(12)19-11-6-15-17(4)8-11/h6,8-9,14H,7H2,1-5H3. The van der Waals surface area contributed by atoms with E-state index in [1.54, 1.807) is 15.6 Å². The van der Waals surface area contributed by atoms with E-state index in [1.807, 2.05) is 27.2 Å². The van der Waals surface area contributed by atoms with Crippen molar-refractivity contribution in [1.82, 2.24) is 24.9 Å². The summed E-state index contributed by atoms with van der Waals surface area (Å²) in [6.45, 7) is 6.97. The number of rotatable bonds is 5. The molecule has 6 nitrogen and oxygen atoms in total. The van der Waals surface area contributed by atoms with Crippen molar-refractivity contribution >= 4 is 0 Å². The summed E-state index contributed by atoms with van der Waals surface area (Å²) in [5.74, 6) is 1.48. The van der Waals surface area contributed by atoms with Crippen molar-refractivity contribution in [3.8, 4) is 11.6 Å². The molecule has 0 aromatic carbocycles. The molecule has 6 heteroatoms. The van der Waals surface area contributed by atoms with Crippen molar-refractivity contribution in [2.75, 3.05) is 0 Å². The fraction of sp³-hybridized carbons (Fsp3) is 0.538. The lowest BCUT2D eigenvalue weighted by atomic mass is 10.2. The Hall–Kier alpha value is -1.82. The molecular formula is C13H21N5O. The molecule has 2 aromatic heterocycles. The van der Waals surface area contributed by atoms with Crippen LogP contribution in [0.25, 0.3) is 0 Å². The Morgan fingerprint density at radius 3 is 2.68 bits per heavy atom. The first kappa shape index (κ1) is 13.6. The number of aromatic nitrogens is 4. The summed E-state index contributed by atoms with van der Waals surface area (Å²) in [6.07, 6.45) is 3.53. The summed E-state index contributed by atoms with van der Waals surface area (Å²) in [5.41, 5.74) is 2.06. The van der Waals surface area contributed by atoms with Crippen LogP contribution in [-0.2, 0) is 20.6 Å². The van der Waals surface area contributed by atoms with E-state index in [4.69, 9.17) is 4.74 Å². The van der Waals surface area contributed by atoms with E-state index in [2.05, 4.69) is 29.4 Å². The van der Waals surface area contributed by atoms with Gasteiger partial charge < -0.3 is 10.1 Å². The highest BCUT2D eigenvalue weighted by molar-refractivity contribution is 5.34. The van der Waals surface area contributed by atoms with Gasteiger partial charge in [-0.2, -0.15) is 10.2 Å². The first-order valence-corrected chi connectivity index (χ1v) is 6.39. The van der Waals surface area contributed by atoms with Crippen LogP contribution in [0.1, 0.15) is 25.1 Å². The number of ether oxygens (including phenoxy) is 1. The van der Waals surface area contributed by atoms with Crippen molar-refractivity contribution in [1.29, 1.82) is 0 Å². The summed E-state index contributed by atoms with van der Waals surface area (Å²) in [7, 11) is 3.75. The quantitative estimate of drug-likeness (QED) is 0.893. The zero-order valence-electron chi connectivity index (χ0n) is 12.1. The molecule has 0 unspecified atom stereocenters. The molecule has 2 heterocycles. The lowest BCUT2D eigenvalue weighted by molar-refractivity contribution is 0.422. The highest BCUT2D eigenvalue weighted by Gasteiger charge is 2.16. The zero-order valence-corrected chi connectivity index (χ0v) is 12.1. The number of hydrogen-bond donors (Lipinski definition) is 1. The van der Waals surface area contributed by atoms with Gasteiger partial charge in [-0.15, -0.1) is 0 Å². The normalized spacial score (nSPS) is 11.3. The second kappa shape index (κ2) is 5.44. The molecule has 0 amide bonds. The molecule has 0 radical (unpaired) electrons. The fourth-order valence-electron chi connectivity index (χ4n) is 1.88. The summed E-state index contributed by atoms with van der Waals surface area (Å²) in [4.78, 5) is 0. The van der Waals surface area contributed by atoms with Crippen LogP contribution in [0.2, 0.25) is 0 Å². The maximum absolute atomic E-state index is 5.89. The van der Waals surface area contributed by atoms with Crippen LogP contribution in [0.5, 0.6) is 11.6 Å². The molecule has 104 valence electrons. The minimum Gasteiger partial charge on any atom is -0.436 e. The largest absolute Gasteiger partial charge is 0.436 e. The predicted octanol–water partition coefficient (Wildman–Crippen LogP) is 1.75. The van der Waals surface area contributed by atoms with Crippen LogP contribution in [0.15, 0.2) is 12.4 Å². The summed E-state index contributed by atoms with van der Waals surface area (Å²) in [6, 6.07) is 0.422. The lowest BCUT2D eigenvalue weighted by Crippen LogP contribution is -2.22. The number of aryl methyl sites for hydroxylation is 3. The van der Waals surface area contributed by atoms with Crippen LogP contribution in [0.3, 0.4) is 0 Å². The Morgan fingerprint density at radius 1 is 1.37 bits per heavy atom. The van der Waals surface area contributed by atoms with Crippen LogP contribution in [0.4, 0.5) is 0 Å². The van der Waals surface area contributed by atoms with Crippen molar-refractivity contribution in [3.63, 3.8) is 0 Å². The third kappa shape index (κ3) is 3.14. The highest BCUT2D eigenvalue weighted by atomic mass is 16.5. The Morgan fingerprint density at radius 2 is 2.11 bits per heavy atom. The average molecular weight is 263 g/mol. The molecule has 0 aliphatic heterocycles. The Balaban J connectivity index is 2.23. The van der Waals surface area contributed by atoms with Gasteiger partial charge in [0.15, 0.2) is 5.75 Å². The van der Waals surface area contributed by atoms with Gasteiger partial charge in [0.1, 0.15) is 0 Å². The van der Waals surface area contributed by atoms with E-state index < -0.39 is 0 Å². The van der Waals surface area contributed by atoms with Gasteiger partial charge in [0.2, 0.25) is 5.88 Å². The maximum atomic E-state index is 5.89. The molecule has 0 atom stereocenters. The van der Waals surface area contributed by atoms with Gasteiger partial charge in [0, 0.05) is 26.7 Å². The smallest absolute Gasteiger partial charge is 0.222 e. The molecule has 0 aliphatic rings. The van der Waals surface area contributed by atoms with Gasteiger partial charge in [0.05, 0.1) is 23.7 Å². The fourth-order valence-corrected chi connectivity index (χ4v) is 1.88. The van der Waals surface area contributed by atoms with E-state index in [0.29, 0.717) is 6.04 Å². The van der Waals surface area contributed by atoms with Crippen molar-refractivity contribution in [2.45, 2.75) is 33.4 Å². The first-order chi connectivity index (χ1) is 8.97. The van der Waals surface area contributed by atoms with E-state index in [9.17, 15) is 0 Å². The van der Waals surface area contributed by atoms with E-state index in [1.165, 1.54) is 0 Å². The SMILES string of the molecule is Cc1nn(C)c(Oc2cnn(C)c2)c1CNC(C)C. The Bertz CT molecular complexity index is 555. The van der Waals surface area contributed by atoms with E-state index in [0.717, 1.165) is 29.4 Å². The zero-order chi connectivity index (χ0) is 14.0. The molecule has 2 aromatic rings. The molecule has 2 rings (SSSR count). The molecular weight excluding hydrogens is 242 g/mol. The Labute approximate surface area is 113 Å². The second-order valence-electron chi connectivity index (χ2n) is 4.98. The number of nitrogens with zero attached hydrogens (tertiary/aromatic N) is 4. The monoisotopic (exact) mass is 263 g/mol. The van der Waals surface area contributed by atoms with Gasteiger partial charge in [-0.05, 0) is 6.92 Å². The summed E-state index contributed by atoms with van der Waals surface area (Å²) < 4.78 is 9.37. The van der Waals surface area contributed by atoms with Crippen LogP contribution in [0, 0.1) is 6.92 Å². The highest BCUT2D eigenvalue weighted by Crippen LogP contribution is 2.26. The molecule has 0 saturated heterocycles. The average Bonchev–Trinajstić information content (AvgIpc) is 2.83. The van der Waals surface area contributed by atoms with Crippen molar-refractivity contribution in [2.24, 2.45) is 14.1 Å². The maximum Gasteiger partial charge on any atom is 0.222 e. The molecule has 0 aliphatic carbocycles. The van der Waals surface area contributed by atoms with Gasteiger partial charge in [-0.25, -0.2) is 4.68 Å². The molecule has 0 spiro atoms. The van der Waals surface area contributed by atoms with Gasteiger partial charge in [-0.3, -0.25) is 4.68 Å². The molecule has 0 saturated carbocycles. The lowest BCUT2D eigenvalue weighted by Gasteiger charge is -2.10. The van der Waals surface area contributed by atoms with Crippen LogP contribution < -0.4 is 10.1 Å². The minimum atomic E-state index is 0.422. The first-order valence-electron chi connectivity index (χ1n) is 6.39. The summed E-state index contributed by atoms with van der Waals surface area (Å²) in [5, 5.41) is 11.9. The Kier molecular flexibility index (Phi) is 3.90. The molecule has 19 heavy (non-hydrogen) atoms. The molecule has 0 fully saturated rings. The van der Waals surface area contributed by atoms with E-state index >= 15 is 0 Å². The minimum absolute atomic E-state index is 0.422. The topological polar surface area (TPSA) is 56.9 Å². The second-order valence-corrected chi connectivity index (χ2v) is 4.98.